The van der Waals surface area contributed by atoms with Crippen molar-refractivity contribution in [3.05, 3.63) is 36.9 Å². The van der Waals surface area contributed by atoms with E-state index >= 15 is 0 Å². The minimum absolute atomic E-state index is 0.546. The average Bonchev–Trinajstić information content (AvgIpc) is 2.89. The smallest absolute Gasteiger partial charge is 0.165 e. The molecule has 2 aromatic rings. The van der Waals surface area contributed by atoms with E-state index in [1.807, 2.05) is 23.0 Å². The van der Waals surface area contributed by atoms with Crippen LogP contribution < -0.4 is 4.74 Å². The molecule has 2 aromatic heterocycles. The summed E-state index contributed by atoms with van der Waals surface area (Å²) in [6.07, 6.45) is 13.6. The molecule has 0 spiro atoms. The predicted molar refractivity (Wildman–Crippen MR) is 68.7 cm³/mol. The molecule has 0 amide bonds. The third-order valence-corrected chi connectivity index (χ3v) is 3.40. The normalized spacial score (nSPS) is 16.7. The van der Waals surface area contributed by atoms with Crippen LogP contribution in [-0.4, -0.2) is 14.8 Å². The van der Waals surface area contributed by atoms with Crippen molar-refractivity contribution in [3.63, 3.8) is 0 Å². The van der Waals surface area contributed by atoms with Crippen LogP contribution in [0.4, 0.5) is 0 Å². The number of ether oxygens (including phenoxy) is 1. The Bertz CT molecular complexity index is 489. The molecule has 0 N–H and O–H groups in total. The topological polar surface area (TPSA) is 39.9 Å². The minimum atomic E-state index is 0.546. The first-order valence-electron chi connectivity index (χ1n) is 6.54. The third-order valence-electron chi connectivity index (χ3n) is 3.40. The largest absolute Gasteiger partial charge is 0.452 e. The van der Waals surface area contributed by atoms with Crippen molar-refractivity contribution in [2.45, 2.75) is 38.1 Å². The van der Waals surface area contributed by atoms with Crippen molar-refractivity contribution in [3.8, 4) is 11.5 Å². The van der Waals surface area contributed by atoms with Gasteiger partial charge in [-0.3, -0.25) is 9.67 Å². The van der Waals surface area contributed by atoms with Gasteiger partial charge in [-0.15, -0.1) is 0 Å². The van der Waals surface area contributed by atoms with Gasteiger partial charge in [-0.1, -0.05) is 19.3 Å². The van der Waals surface area contributed by atoms with Crippen LogP contribution in [0.2, 0.25) is 0 Å². The van der Waals surface area contributed by atoms with Crippen LogP contribution in [0.1, 0.15) is 38.1 Å². The summed E-state index contributed by atoms with van der Waals surface area (Å²) in [5.74, 6) is 1.54. The third kappa shape index (κ3) is 2.53. The second kappa shape index (κ2) is 5.21. The van der Waals surface area contributed by atoms with Gasteiger partial charge < -0.3 is 4.74 Å². The Morgan fingerprint density at radius 3 is 2.78 bits per heavy atom. The molecular formula is C14H17N3O. The van der Waals surface area contributed by atoms with Crippen molar-refractivity contribution >= 4 is 0 Å². The predicted octanol–water partition coefficient (Wildman–Crippen LogP) is 3.58. The second-order valence-corrected chi connectivity index (χ2v) is 4.74. The average molecular weight is 243 g/mol. The van der Waals surface area contributed by atoms with E-state index in [-0.39, 0.29) is 0 Å². The first-order chi connectivity index (χ1) is 8.92. The van der Waals surface area contributed by atoms with Gasteiger partial charge >= 0.3 is 0 Å². The lowest BCUT2D eigenvalue weighted by atomic mass is 9.96. The molecule has 1 aliphatic rings. The number of pyridine rings is 1. The summed E-state index contributed by atoms with van der Waals surface area (Å²) in [4.78, 5) is 4.03. The molecule has 0 unspecified atom stereocenters. The molecule has 0 aliphatic heterocycles. The summed E-state index contributed by atoms with van der Waals surface area (Å²) >= 11 is 0. The summed E-state index contributed by atoms with van der Waals surface area (Å²) in [5.41, 5.74) is 0. The monoisotopic (exact) mass is 243 g/mol. The number of hydrogen-bond acceptors (Lipinski definition) is 3. The number of aromatic nitrogens is 3. The molecule has 0 radical (unpaired) electrons. The Hall–Kier alpha value is -1.84. The lowest BCUT2D eigenvalue weighted by Crippen LogP contribution is -2.12. The van der Waals surface area contributed by atoms with Gasteiger partial charge in [0.2, 0.25) is 0 Å². The van der Waals surface area contributed by atoms with Gasteiger partial charge in [0.15, 0.2) is 5.75 Å². The molecule has 3 rings (SSSR count). The van der Waals surface area contributed by atoms with Crippen LogP contribution in [0, 0.1) is 0 Å². The highest BCUT2D eigenvalue weighted by molar-refractivity contribution is 5.24. The fourth-order valence-electron chi connectivity index (χ4n) is 2.46. The van der Waals surface area contributed by atoms with Gasteiger partial charge in [-0.05, 0) is 25.0 Å². The zero-order valence-corrected chi connectivity index (χ0v) is 10.3. The number of hydrogen-bond donors (Lipinski definition) is 0. The summed E-state index contributed by atoms with van der Waals surface area (Å²) < 4.78 is 7.75. The summed E-state index contributed by atoms with van der Waals surface area (Å²) in [6.45, 7) is 0. The van der Waals surface area contributed by atoms with Crippen molar-refractivity contribution in [2.75, 3.05) is 0 Å². The Balaban J connectivity index is 1.69. The van der Waals surface area contributed by atoms with E-state index in [0.29, 0.717) is 6.04 Å². The van der Waals surface area contributed by atoms with Gasteiger partial charge in [0.25, 0.3) is 0 Å². The van der Waals surface area contributed by atoms with Gasteiger partial charge in [0, 0.05) is 6.20 Å². The molecule has 4 nitrogen and oxygen atoms in total. The summed E-state index contributed by atoms with van der Waals surface area (Å²) in [7, 11) is 0. The highest BCUT2D eigenvalue weighted by Gasteiger charge is 2.16. The molecule has 0 atom stereocenters. The van der Waals surface area contributed by atoms with E-state index < -0.39 is 0 Å². The molecule has 1 fully saturated rings. The van der Waals surface area contributed by atoms with E-state index in [2.05, 4.69) is 10.1 Å². The SMILES string of the molecule is c1cncc(Oc2cnn(C3CCCCC3)c2)c1. The quantitative estimate of drug-likeness (QED) is 0.827. The Kier molecular flexibility index (Phi) is 3.26. The van der Waals surface area contributed by atoms with E-state index in [1.165, 1.54) is 32.1 Å². The highest BCUT2D eigenvalue weighted by atomic mass is 16.5. The van der Waals surface area contributed by atoms with Crippen molar-refractivity contribution in [1.29, 1.82) is 0 Å². The standard InChI is InChI=1S/C14H17N3O/c1-2-5-12(6-3-1)17-11-14(10-16-17)18-13-7-4-8-15-9-13/h4,7-12H,1-3,5-6H2. The lowest BCUT2D eigenvalue weighted by Gasteiger charge is -2.21. The van der Waals surface area contributed by atoms with E-state index in [4.69, 9.17) is 4.74 Å². The van der Waals surface area contributed by atoms with E-state index in [1.54, 1.807) is 18.6 Å². The van der Waals surface area contributed by atoms with Gasteiger partial charge in [0.05, 0.1) is 24.6 Å². The van der Waals surface area contributed by atoms with Crippen molar-refractivity contribution < 1.29 is 4.74 Å². The molecule has 4 heteroatoms. The molecular weight excluding hydrogens is 226 g/mol. The fourth-order valence-corrected chi connectivity index (χ4v) is 2.46. The van der Waals surface area contributed by atoms with Crippen LogP contribution in [0.3, 0.4) is 0 Å². The summed E-state index contributed by atoms with van der Waals surface area (Å²) in [6, 6.07) is 4.30. The maximum atomic E-state index is 5.70. The molecule has 18 heavy (non-hydrogen) atoms. The number of rotatable bonds is 3. The molecule has 1 aliphatic carbocycles. The minimum Gasteiger partial charge on any atom is -0.452 e. The van der Waals surface area contributed by atoms with Crippen LogP contribution in [-0.2, 0) is 0 Å². The van der Waals surface area contributed by atoms with E-state index in [9.17, 15) is 0 Å². The van der Waals surface area contributed by atoms with Crippen LogP contribution >= 0.6 is 0 Å². The molecule has 0 aromatic carbocycles. The van der Waals surface area contributed by atoms with Crippen LogP contribution in [0.25, 0.3) is 0 Å². The van der Waals surface area contributed by atoms with Gasteiger partial charge in [-0.25, -0.2) is 0 Å². The maximum Gasteiger partial charge on any atom is 0.165 e. The Labute approximate surface area is 107 Å². The molecule has 94 valence electrons. The zero-order valence-electron chi connectivity index (χ0n) is 10.3. The molecule has 0 saturated heterocycles. The maximum absolute atomic E-state index is 5.70. The van der Waals surface area contributed by atoms with Crippen molar-refractivity contribution in [2.24, 2.45) is 0 Å². The second-order valence-electron chi connectivity index (χ2n) is 4.74. The molecule has 1 saturated carbocycles. The van der Waals surface area contributed by atoms with E-state index in [0.717, 1.165) is 11.5 Å². The number of nitrogens with zero attached hydrogens (tertiary/aromatic N) is 3. The zero-order chi connectivity index (χ0) is 12.2. The van der Waals surface area contributed by atoms with Crippen LogP contribution in [0.15, 0.2) is 36.9 Å². The first-order valence-corrected chi connectivity index (χ1v) is 6.54. The molecule has 2 heterocycles. The first kappa shape index (κ1) is 11.3. The Morgan fingerprint density at radius 1 is 1.11 bits per heavy atom. The summed E-state index contributed by atoms with van der Waals surface area (Å²) in [5, 5.41) is 4.41. The van der Waals surface area contributed by atoms with Gasteiger partial charge in [0.1, 0.15) is 5.75 Å². The lowest BCUT2D eigenvalue weighted by molar-refractivity contribution is 0.328. The highest BCUT2D eigenvalue weighted by Crippen LogP contribution is 2.29. The molecule has 0 bridgehead atoms. The van der Waals surface area contributed by atoms with Crippen LogP contribution in [0.5, 0.6) is 11.5 Å². The Morgan fingerprint density at radius 2 is 2.00 bits per heavy atom. The fraction of sp³-hybridized carbons (Fsp3) is 0.429. The van der Waals surface area contributed by atoms with Gasteiger partial charge in [-0.2, -0.15) is 5.10 Å². The van der Waals surface area contributed by atoms with Crippen molar-refractivity contribution in [1.82, 2.24) is 14.8 Å².